The predicted octanol–water partition coefficient (Wildman–Crippen LogP) is 1.52. The minimum atomic E-state index is -0.423. The number of benzene rings is 2. The van der Waals surface area contributed by atoms with Gasteiger partial charge >= 0.3 is 0 Å². The molecule has 0 bridgehead atoms. The maximum atomic E-state index is 11.8. The minimum absolute atomic E-state index is 0.0899. The number of nitrogens with one attached hydrogen (secondary N) is 1. The Hall–Kier alpha value is -3.37. The van der Waals surface area contributed by atoms with Crippen molar-refractivity contribution in [3.63, 3.8) is 0 Å². The Morgan fingerprint density at radius 3 is 2.73 bits per heavy atom. The van der Waals surface area contributed by atoms with E-state index < -0.39 is 5.91 Å². The van der Waals surface area contributed by atoms with Gasteiger partial charge in [0.15, 0.2) is 6.61 Å². The molecule has 1 amide bonds. The van der Waals surface area contributed by atoms with Gasteiger partial charge in [0.2, 0.25) is 0 Å². The van der Waals surface area contributed by atoms with E-state index in [9.17, 15) is 4.79 Å². The number of amides is 1. The molecule has 0 saturated heterocycles. The van der Waals surface area contributed by atoms with E-state index in [2.05, 4.69) is 10.5 Å². The lowest BCUT2D eigenvalue weighted by Gasteiger charge is -2.17. The molecule has 7 heteroatoms. The van der Waals surface area contributed by atoms with Crippen LogP contribution in [0.5, 0.6) is 5.75 Å². The summed E-state index contributed by atoms with van der Waals surface area (Å²) in [5.41, 5.74) is 4.54. The number of para-hydroxylation sites is 1. The molecule has 0 atom stereocenters. The topological polar surface area (TPSA) is 98.0 Å². The van der Waals surface area contributed by atoms with Crippen LogP contribution in [-0.4, -0.2) is 44.0 Å². The minimum Gasteiger partial charge on any atom is -0.482 e. The number of nitriles is 1. The van der Waals surface area contributed by atoms with Gasteiger partial charge in [0.25, 0.3) is 5.91 Å². The third-order valence-corrected chi connectivity index (χ3v) is 3.54. The van der Waals surface area contributed by atoms with Gasteiger partial charge in [-0.15, -0.1) is 0 Å². The zero-order valence-corrected chi connectivity index (χ0v) is 14.4. The van der Waals surface area contributed by atoms with Crippen molar-refractivity contribution >= 4 is 17.8 Å². The number of rotatable bonds is 8. The lowest BCUT2D eigenvalue weighted by Crippen LogP contribution is -2.24. The molecule has 0 heterocycles. The summed E-state index contributed by atoms with van der Waals surface area (Å²) in [6.45, 7) is 0.409. The molecule has 0 unspecified atom stereocenters. The van der Waals surface area contributed by atoms with Crippen molar-refractivity contribution < 1.29 is 14.6 Å². The summed E-state index contributed by atoms with van der Waals surface area (Å²) in [6, 6.07) is 16.2. The van der Waals surface area contributed by atoms with Crippen LogP contribution in [0.2, 0.25) is 0 Å². The molecule has 0 aromatic heterocycles. The van der Waals surface area contributed by atoms with Gasteiger partial charge in [-0.05, 0) is 29.8 Å². The van der Waals surface area contributed by atoms with Crippen molar-refractivity contribution in [1.29, 1.82) is 5.26 Å². The highest BCUT2D eigenvalue weighted by atomic mass is 16.5. The summed E-state index contributed by atoms with van der Waals surface area (Å²) in [6.07, 6.45) is 1.52. The first-order valence-corrected chi connectivity index (χ1v) is 8.00. The first-order chi connectivity index (χ1) is 12.6. The zero-order valence-electron chi connectivity index (χ0n) is 14.4. The molecule has 0 saturated carbocycles. The molecule has 0 aliphatic rings. The van der Waals surface area contributed by atoms with E-state index in [1.165, 1.54) is 6.21 Å². The highest BCUT2D eigenvalue weighted by Gasteiger charge is 2.05. The van der Waals surface area contributed by atoms with Crippen molar-refractivity contribution in [3.8, 4) is 11.8 Å². The Labute approximate surface area is 152 Å². The highest BCUT2D eigenvalue weighted by Crippen LogP contribution is 2.16. The number of aliphatic hydroxyl groups is 1. The number of hydrogen-bond donors (Lipinski definition) is 2. The van der Waals surface area contributed by atoms with Crippen LogP contribution in [0.3, 0.4) is 0 Å². The summed E-state index contributed by atoms with van der Waals surface area (Å²) in [5.74, 6) is -0.0648. The van der Waals surface area contributed by atoms with E-state index in [4.69, 9.17) is 15.1 Å². The van der Waals surface area contributed by atoms with Crippen molar-refractivity contribution in [2.75, 3.05) is 31.7 Å². The third kappa shape index (κ3) is 5.61. The molecule has 2 aromatic rings. The zero-order chi connectivity index (χ0) is 18.8. The largest absolute Gasteiger partial charge is 0.482 e. The molecule has 0 radical (unpaired) electrons. The Kier molecular flexibility index (Phi) is 7.16. The molecular weight excluding hydrogens is 332 g/mol. The van der Waals surface area contributed by atoms with E-state index in [1.807, 2.05) is 42.3 Å². The number of aliphatic hydroxyl groups excluding tert-OH is 1. The van der Waals surface area contributed by atoms with Gasteiger partial charge in [0.05, 0.1) is 18.4 Å². The van der Waals surface area contributed by atoms with Gasteiger partial charge in [-0.2, -0.15) is 10.4 Å². The van der Waals surface area contributed by atoms with Crippen LogP contribution in [0.1, 0.15) is 11.1 Å². The number of nitrogens with zero attached hydrogens (tertiary/aromatic N) is 3. The first-order valence-electron chi connectivity index (χ1n) is 8.00. The van der Waals surface area contributed by atoms with Crippen LogP contribution in [-0.2, 0) is 4.79 Å². The normalized spacial score (nSPS) is 10.3. The van der Waals surface area contributed by atoms with Gasteiger partial charge in [-0.25, -0.2) is 5.43 Å². The second kappa shape index (κ2) is 9.81. The fraction of sp³-hybridized carbons (Fsp3) is 0.211. The first kappa shape index (κ1) is 19.0. The Morgan fingerprint density at radius 2 is 2.04 bits per heavy atom. The highest BCUT2D eigenvalue weighted by molar-refractivity contribution is 5.83. The van der Waals surface area contributed by atoms with Gasteiger partial charge in [-0.1, -0.05) is 24.3 Å². The molecule has 0 spiro atoms. The molecular formula is C19H20N4O3. The fourth-order valence-electron chi connectivity index (χ4n) is 2.13. The average Bonchev–Trinajstić information content (AvgIpc) is 2.67. The van der Waals surface area contributed by atoms with Gasteiger partial charge in [-0.3, -0.25) is 4.79 Å². The Balaban J connectivity index is 1.82. The molecule has 0 fully saturated rings. The Morgan fingerprint density at radius 1 is 1.31 bits per heavy atom. The predicted molar refractivity (Wildman–Crippen MR) is 99.2 cm³/mol. The third-order valence-electron chi connectivity index (χ3n) is 3.54. The number of ether oxygens (including phenoxy) is 1. The molecule has 2 N–H and O–H groups in total. The van der Waals surface area contributed by atoms with Crippen LogP contribution >= 0.6 is 0 Å². The van der Waals surface area contributed by atoms with Crippen molar-refractivity contribution in [1.82, 2.24) is 5.43 Å². The van der Waals surface area contributed by atoms with E-state index in [-0.39, 0.29) is 13.2 Å². The number of hydrogen-bond acceptors (Lipinski definition) is 6. The van der Waals surface area contributed by atoms with Crippen LogP contribution in [0.25, 0.3) is 0 Å². The van der Waals surface area contributed by atoms with Gasteiger partial charge in [0.1, 0.15) is 11.8 Å². The van der Waals surface area contributed by atoms with Crippen LogP contribution < -0.4 is 15.1 Å². The molecule has 2 rings (SSSR count). The lowest BCUT2D eigenvalue weighted by molar-refractivity contribution is -0.123. The lowest BCUT2D eigenvalue weighted by atomic mass is 10.2. The van der Waals surface area contributed by atoms with E-state index >= 15 is 0 Å². The summed E-state index contributed by atoms with van der Waals surface area (Å²) in [5, 5.41) is 21.8. The molecule has 26 heavy (non-hydrogen) atoms. The number of likely N-dealkylation sites (N-methyl/N-ethyl adjacent to an activating group) is 1. The van der Waals surface area contributed by atoms with E-state index in [0.717, 1.165) is 11.3 Å². The standard InChI is InChI=1S/C19H20N4O3/c1-23(10-11-24)17-8-6-15(7-9-17)13-21-22-19(25)14-26-18-5-3-2-4-16(18)12-20/h2-9,13,24H,10-11,14H2,1H3,(H,22,25)/b21-13+. The molecule has 134 valence electrons. The molecule has 0 aliphatic heterocycles. The van der Waals surface area contributed by atoms with Crippen molar-refractivity contribution in [3.05, 3.63) is 59.7 Å². The van der Waals surface area contributed by atoms with E-state index in [1.54, 1.807) is 24.3 Å². The van der Waals surface area contributed by atoms with Crippen molar-refractivity contribution in [2.45, 2.75) is 0 Å². The van der Waals surface area contributed by atoms with E-state index in [0.29, 0.717) is 17.9 Å². The number of anilines is 1. The Bertz CT molecular complexity index is 797. The summed E-state index contributed by atoms with van der Waals surface area (Å²) in [7, 11) is 1.89. The number of carbonyl (C=O) groups is 1. The van der Waals surface area contributed by atoms with Crippen LogP contribution in [0.4, 0.5) is 5.69 Å². The maximum Gasteiger partial charge on any atom is 0.277 e. The summed E-state index contributed by atoms with van der Waals surface area (Å²) < 4.78 is 5.32. The number of hydrazone groups is 1. The SMILES string of the molecule is CN(CCO)c1ccc(/C=N/NC(=O)COc2ccccc2C#N)cc1. The molecule has 7 nitrogen and oxygen atoms in total. The quantitative estimate of drug-likeness (QED) is 0.554. The summed E-state index contributed by atoms with van der Waals surface area (Å²) in [4.78, 5) is 13.7. The van der Waals surface area contributed by atoms with Crippen molar-refractivity contribution in [2.24, 2.45) is 5.10 Å². The summed E-state index contributed by atoms with van der Waals surface area (Å²) >= 11 is 0. The van der Waals surface area contributed by atoms with Crippen LogP contribution in [0, 0.1) is 11.3 Å². The second-order valence-electron chi connectivity index (χ2n) is 5.43. The van der Waals surface area contributed by atoms with Gasteiger partial charge in [0, 0.05) is 19.3 Å². The second-order valence-corrected chi connectivity index (χ2v) is 5.43. The fourth-order valence-corrected chi connectivity index (χ4v) is 2.13. The van der Waals surface area contributed by atoms with Gasteiger partial charge < -0.3 is 14.7 Å². The van der Waals surface area contributed by atoms with Crippen LogP contribution in [0.15, 0.2) is 53.6 Å². The number of carbonyl (C=O) groups excluding carboxylic acids is 1. The maximum absolute atomic E-state index is 11.8. The monoisotopic (exact) mass is 352 g/mol. The smallest absolute Gasteiger partial charge is 0.277 e. The average molecular weight is 352 g/mol. The molecule has 2 aromatic carbocycles. The molecule has 0 aliphatic carbocycles.